The van der Waals surface area contributed by atoms with Crippen LogP contribution in [-0.2, 0) is 14.3 Å². The third kappa shape index (κ3) is 4.08. The number of nitrogens with two attached hydrogens (primary N) is 1. The van der Waals surface area contributed by atoms with Gasteiger partial charge in [-0.25, -0.2) is 0 Å². The van der Waals surface area contributed by atoms with Crippen molar-refractivity contribution < 1.29 is 14.3 Å². The lowest BCUT2D eigenvalue weighted by Gasteiger charge is -2.18. The molecule has 0 aromatic rings. The number of ether oxygens (including phenoxy) is 2. The van der Waals surface area contributed by atoms with Crippen molar-refractivity contribution in [3.63, 3.8) is 0 Å². The highest BCUT2D eigenvalue weighted by Gasteiger charge is 2.32. The van der Waals surface area contributed by atoms with Crippen molar-refractivity contribution in [2.45, 2.75) is 51.5 Å². The van der Waals surface area contributed by atoms with Gasteiger partial charge in [0.25, 0.3) is 0 Å². The monoisotopic (exact) mass is 230 g/mol. The molecule has 0 spiro atoms. The number of rotatable bonds is 5. The Kier molecular flexibility index (Phi) is 4.70. The van der Waals surface area contributed by atoms with E-state index >= 15 is 0 Å². The predicted octanol–water partition coefficient (Wildman–Crippen LogP) is 0.382. The van der Waals surface area contributed by atoms with Crippen LogP contribution < -0.4 is 11.1 Å². The van der Waals surface area contributed by atoms with E-state index in [1.165, 1.54) is 0 Å². The summed E-state index contributed by atoms with van der Waals surface area (Å²) < 4.78 is 10.9. The Labute approximate surface area is 96.7 Å². The molecule has 1 rings (SSSR count). The van der Waals surface area contributed by atoms with E-state index in [4.69, 9.17) is 15.2 Å². The van der Waals surface area contributed by atoms with Gasteiger partial charge in [-0.2, -0.15) is 0 Å². The standard InChI is InChI=1S/C11H22N2O3/c1-4-5-9(12)10(14)13-6-8-7-15-11(2,3)16-8/h8-9H,4-7,12H2,1-3H3,(H,13,14)/t8?,9-/m1/s1. The van der Waals surface area contributed by atoms with Gasteiger partial charge in [-0.1, -0.05) is 13.3 Å². The lowest BCUT2D eigenvalue weighted by molar-refractivity contribution is -0.139. The topological polar surface area (TPSA) is 73.6 Å². The van der Waals surface area contributed by atoms with Crippen LogP contribution in [0.3, 0.4) is 0 Å². The van der Waals surface area contributed by atoms with Crippen LogP contribution in [0.4, 0.5) is 0 Å². The van der Waals surface area contributed by atoms with Crippen molar-refractivity contribution in [2.75, 3.05) is 13.2 Å². The van der Waals surface area contributed by atoms with Crippen LogP contribution in [0.2, 0.25) is 0 Å². The van der Waals surface area contributed by atoms with Gasteiger partial charge in [-0.05, 0) is 20.3 Å². The smallest absolute Gasteiger partial charge is 0.237 e. The van der Waals surface area contributed by atoms with Crippen molar-refractivity contribution in [3.8, 4) is 0 Å². The van der Waals surface area contributed by atoms with E-state index in [1.54, 1.807) is 0 Å². The highest BCUT2D eigenvalue weighted by atomic mass is 16.7. The van der Waals surface area contributed by atoms with Gasteiger partial charge in [0.15, 0.2) is 5.79 Å². The van der Waals surface area contributed by atoms with E-state index < -0.39 is 11.8 Å². The minimum atomic E-state index is -0.541. The Hall–Kier alpha value is -0.650. The first-order chi connectivity index (χ1) is 7.44. The Morgan fingerprint density at radius 1 is 1.62 bits per heavy atom. The van der Waals surface area contributed by atoms with Crippen molar-refractivity contribution in [1.29, 1.82) is 0 Å². The zero-order valence-corrected chi connectivity index (χ0v) is 10.3. The Bertz CT molecular complexity index is 243. The average Bonchev–Trinajstić information content (AvgIpc) is 2.55. The van der Waals surface area contributed by atoms with E-state index in [9.17, 15) is 4.79 Å². The second-order valence-electron chi connectivity index (χ2n) is 4.59. The summed E-state index contributed by atoms with van der Waals surface area (Å²) in [5.41, 5.74) is 5.68. The normalized spacial score (nSPS) is 25.4. The highest BCUT2D eigenvalue weighted by molar-refractivity contribution is 5.81. The molecule has 94 valence electrons. The predicted molar refractivity (Wildman–Crippen MR) is 60.8 cm³/mol. The summed E-state index contributed by atoms with van der Waals surface area (Å²) in [7, 11) is 0. The second-order valence-corrected chi connectivity index (χ2v) is 4.59. The zero-order chi connectivity index (χ0) is 12.2. The number of amides is 1. The molecule has 1 aliphatic heterocycles. The molecular weight excluding hydrogens is 208 g/mol. The zero-order valence-electron chi connectivity index (χ0n) is 10.3. The molecule has 5 nitrogen and oxygen atoms in total. The Balaban J connectivity index is 2.22. The van der Waals surface area contributed by atoms with Gasteiger partial charge in [0.05, 0.1) is 12.6 Å². The van der Waals surface area contributed by atoms with Gasteiger partial charge in [-0.3, -0.25) is 4.79 Å². The van der Waals surface area contributed by atoms with E-state index in [0.29, 0.717) is 19.6 Å². The van der Waals surface area contributed by atoms with Crippen molar-refractivity contribution in [1.82, 2.24) is 5.32 Å². The maximum atomic E-state index is 11.5. The summed E-state index contributed by atoms with van der Waals surface area (Å²) in [6, 6.07) is -0.416. The van der Waals surface area contributed by atoms with Crippen LogP contribution in [0.5, 0.6) is 0 Å². The summed E-state index contributed by atoms with van der Waals surface area (Å²) in [5.74, 6) is -0.656. The van der Waals surface area contributed by atoms with Crippen LogP contribution in [0.1, 0.15) is 33.6 Å². The maximum Gasteiger partial charge on any atom is 0.237 e. The fourth-order valence-corrected chi connectivity index (χ4v) is 1.65. The first-order valence-electron chi connectivity index (χ1n) is 5.79. The minimum Gasteiger partial charge on any atom is -0.352 e. The van der Waals surface area contributed by atoms with Crippen molar-refractivity contribution in [3.05, 3.63) is 0 Å². The molecule has 1 saturated heterocycles. The Morgan fingerprint density at radius 3 is 2.81 bits per heavy atom. The molecule has 5 heteroatoms. The molecular formula is C11H22N2O3. The molecule has 0 aliphatic carbocycles. The summed E-state index contributed by atoms with van der Waals surface area (Å²) in [5, 5.41) is 2.78. The first-order valence-corrected chi connectivity index (χ1v) is 5.79. The number of nitrogens with one attached hydrogen (secondary N) is 1. The van der Waals surface area contributed by atoms with Gasteiger partial charge in [-0.15, -0.1) is 0 Å². The number of hydrogen-bond acceptors (Lipinski definition) is 4. The van der Waals surface area contributed by atoms with Crippen molar-refractivity contribution in [2.24, 2.45) is 5.73 Å². The number of carbonyl (C=O) groups is 1. The van der Waals surface area contributed by atoms with Crippen LogP contribution in [-0.4, -0.2) is 37.0 Å². The highest BCUT2D eigenvalue weighted by Crippen LogP contribution is 2.21. The second kappa shape index (κ2) is 5.61. The molecule has 1 fully saturated rings. The van der Waals surface area contributed by atoms with Crippen LogP contribution in [0, 0.1) is 0 Å². The fraction of sp³-hybridized carbons (Fsp3) is 0.909. The van der Waals surface area contributed by atoms with Gasteiger partial charge in [0, 0.05) is 6.54 Å². The van der Waals surface area contributed by atoms with Gasteiger partial charge in [0.2, 0.25) is 5.91 Å². The third-order valence-corrected chi connectivity index (χ3v) is 2.51. The van der Waals surface area contributed by atoms with E-state index in [2.05, 4.69) is 5.32 Å². The first kappa shape index (κ1) is 13.4. The molecule has 16 heavy (non-hydrogen) atoms. The van der Waals surface area contributed by atoms with E-state index in [1.807, 2.05) is 20.8 Å². The largest absolute Gasteiger partial charge is 0.352 e. The molecule has 0 bridgehead atoms. The van der Waals surface area contributed by atoms with Crippen LogP contribution in [0.15, 0.2) is 0 Å². The summed E-state index contributed by atoms with van der Waals surface area (Å²) in [6.07, 6.45) is 1.54. The SMILES string of the molecule is CCC[C@@H](N)C(=O)NCC1COC(C)(C)O1. The minimum absolute atomic E-state index is 0.0761. The molecule has 3 N–H and O–H groups in total. The quantitative estimate of drug-likeness (QED) is 0.716. The molecule has 1 aliphatic rings. The molecule has 0 aromatic carbocycles. The molecule has 0 radical (unpaired) electrons. The lowest BCUT2D eigenvalue weighted by Crippen LogP contribution is -2.44. The average molecular weight is 230 g/mol. The number of hydrogen-bond donors (Lipinski definition) is 2. The van der Waals surface area contributed by atoms with Crippen LogP contribution >= 0.6 is 0 Å². The van der Waals surface area contributed by atoms with Gasteiger partial charge >= 0.3 is 0 Å². The van der Waals surface area contributed by atoms with Gasteiger partial charge in [0.1, 0.15) is 6.10 Å². The van der Waals surface area contributed by atoms with Crippen molar-refractivity contribution >= 4 is 5.91 Å². The molecule has 1 amide bonds. The van der Waals surface area contributed by atoms with E-state index in [-0.39, 0.29) is 12.0 Å². The Morgan fingerprint density at radius 2 is 2.31 bits per heavy atom. The number of carbonyl (C=O) groups excluding carboxylic acids is 1. The lowest BCUT2D eigenvalue weighted by atomic mass is 10.1. The fourth-order valence-electron chi connectivity index (χ4n) is 1.65. The summed E-state index contributed by atoms with van der Waals surface area (Å²) >= 11 is 0. The molecule has 1 heterocycles. The summed E-state index contributed by atoms with van der Waals surface area (Å²) in [6.45, 7) is 6.69. The third-order valence-electron chi connectivity index (χ3n) is 2.51. The molecule has 2 atom stereocenters. The molecule has 0 saturated carbocycles. The molecule has 0 aromatic heterocycles. The maximum absolute atomic E-state index is 11.5. The molecule has 1 unspecified atom stereocenters. The van der Waals surface area contributed by atoms with E-state index in [0.717, 1.165) is 6.42 Å². The van der Waals surface area contributed by atoms with Gasteiger partial charge < -0.3 is 20.5 Å². The summed E-state index contributed by atoms with van der Waals surface area (Å²) in [4.78, 5) is 11.5. The van der Waals surface area contributed by atoms with Crippen LogP contribution in [0.25, 0.3) is 0 Å².